The predicted octanol–water partition coefficient (Wildman–Crippen LogP) is 6.58. The summed E-state index contributed by atoms with van der Waals surface area (Å²) in [5.41, 5.74) is 6.44. The van der Waals surface area contributed by atoms with Gasteiger partial charge in [0.05, 0.1) is 11.3 Å². The first-order valence-corrected chi connectivity index (χ1v) is 10.3. The molecule has 0 aliphatic carbocycles. The molecule has 1 aliphatic rings. The number of carbonyl (C=O) groups excluding carboxylic acids is 1. The Morgan fingerprint density at radius 2 is 1.00 bits per heavy atom. The van der Waals surface area contributed by atoms with E-state index in [-0.39, 0.29) is 5.91 Å². The van der Waals surface area contributed by atoms with Crippen LogP contribution in [0.1, 0.15) is 16.7 Å². The topological polar surface area (TPSA) is 20.3 Å². The summed E-state index contributed by atoms with van der Waals surface area (Å²) in [6.45, 7) is 0. The third kappa shape index (κ3) is 3.60. The maximum atomic E-state index is 13.9. The van der Waals surface area contributed by atoms with Crippen molar-refractivity contribution in [2.75, 3.05) is 4.90 Å². The summed E-state index contributed by atoms with van der Waals surface area (Å²) in [5.74, 6) is -0.0206. The van der Waals surface area contributed by atoms with E-state index < -0.39 is 0 Å². The van der Waals surface area contributed by atoms with Crippen LogP contribution in [0.25, 0.3) is 11.3 Å². The summed E-state index contributed by atoms with van der Waals surface area (Å²) < 4.78 is 0. The first-order valence-electron chi connectivity index (χ1n) is 10.3. The van der Waals surface area contributed by atoms with Gasteiger partial charge in [0.1, 0.15) is 0 Å². The van der Waals surface area contributed by atoms with Crippen molar-refractivity contribution in [2.24, 2.45) is 0 Å². The standard InChI is InChI=1S/C29H21NO/c31-29-26(28(23-15-7-2-8-16-23)24-17-9-3-10-18-24)21-27(22-13-5-1-6-14-22)30(29)25-19-11-4-12-20-25/h1-21H. The van der Waals surface area contributed by atoms with E-state index in [1.165, 1.54) is 0 Å². The highest BCUT2D eigenvalue weighted by atomic mass is 16.2. The van der Waals surface area contributed by atoms with Gasteiger partial charge in [0.15, 0.2) is 0 Å². The van der Waals surface area contributed by atoms with Crippen molar-refractivity contribution >= 4 is 22.9 Å². The number of anilines is 1. The van der Waals surface area contributed by atoms with Crippen molar-refractivity contribution in [3.8, 4) is 0 Å². The van der Waals surface area contributed by atoms with E-state index in [0.29, 0.717) is 5.57 Å². The molecule has 4 aromatic rings. The van der Waals surface area contributed by atoms with E-state index in [0.717, 1.165) is 33.6 Å². The fourth-order valence-electron chi connectivity index (χ4n) is 4.01. The Balaban J connectivity index is 1.78. The summed E-state index contributed by atoms with van der Waals surface area (Å²) >= 11 is 0. The van der Waals surface area contributed by atoms with Gasteiger partial charge in [0, 0.05) is 11.3 Å². The highest BCUT2D eigenvalue weighted by Gasteiger charge is 2.32. The molecule has 2 heteroatoms. The Labute approximate surface area is 182 Å². The van der Waals surface area contributed by atoms with Crippen LogP contribution in [0.3, 0.4) is 0 Å². The van der Waals surface area contributed by atoms with Crippen molar-refractivity contribution in [1.82, 2.24) is 0 Å². The largest absolute Gasteiger partial charge is 0.276 e. The van der Waals surface area contributed by atoms with Gasteiger partial charge in [-0.1, -0.05) is 109 Å². The highest BCUT2D eigenvalue weighted by Crippen LogP contribution is 2.39. The molecule has 0 radical (unpaired) electrons. The Hall–Kier alpha value is -4.17. The summed E-state index contributed by atoms with van der Waals surface area (Å²) in [5, 5.41) is 0. The molecular formula is C29H21NO. The highest BCUT2D eigenvalue weighted by molar-refractivity contribution is 6.25. The monoisotopic (exact) mass is 399 g/mol. The third-order valence-corrected chi connectivity index (χ3v) is 5.43. The van der Waals surface area contributed by atoms with E-state index in [4.69, 9.17) is 0 Å². The van der Waals surface area contributed by atoms with Gasteiger partial charge in [-0.05, 0) is 34.9 Å². The van der Waals surface area contributed by atoms with Crippen LogP contribution in [0.4, 0.5) is 5.69 Å². The lowest BCUT2D eigenvalue weighted by molar-refractivity contribution is -0.113. The second kappa shape index (κ2) is 8.29. The molecule has 0 unspecified atom stereocenters. The smallest absolute Gasteiger partial charge is 0.263 e. The molecule has 0 spiro atoms. The minimum Gasteiger partial charge on any atom is -0.276 e. The van der Waals surface area contributed by atoms with Crippen LogP contribution in [0.15, 0.2) is 133 Å². The SMILES string of the molecule is O=C1C(=C(c2ccccc2)c2ccccc2)C=C(c2ccccc2)N1c1ccccc1. The Bertz CT molecular complexity index is 1220. The average Bonchev–Trinajstić information content (AvgIpc) is 3.18. The molecule has 1 aliphatic heterocycles. The lowest BCUT2D eigenvalue weighted by atomic mass is 9.93. The van der Waals surface area contributed by atoms with Gasteiger partial charge in [-0.2, -0.15) is 0 Å². The zero-order valence-corrected chi connectivity index (χ0v) is 17.0. The van der Waals surface area contributed by atoms with Crippen LogP contribution < -0.4 is 4.90 Å². The molecule has 2 nitrogen and oxygen atoms in total. The van der Waals surface area contributed by atoms with Gasteiger partial charge in [-0.15, -0.1) is 0 Å². The fourth-order valence-corrected chi connectivity index (χ4v) is 4.01. The van der Waals surface area contributed by atoms with Crippen LogP contribution in [-0.2, 0) is 4.79 Å². The van der Waals surface area contributed by atoms with Crippen LogP contribution in [0.5, 0.6) is 0 Å². The first kappa shape index (κ1) is 18.8. The molecule has 0 aromatic heterocycles. The Morgan fingerprint density at radius 1 is 0.548 bits per heavy atom. The van der Waals surface area contributed by atoms with Gasteiger partial charge in [0.25, 0.3) is 5.91 Å². The van der Waals surface area contributed by atoms with Crippen LogP contribution in [-0.4, -0.2) is 5.91 Å². The quantitative estimate of drug-likeness (QED) is 0.355. The van der Waals surface area contributed by atoms with Gasteiger partial charge in [-0.25, -0.2) is 0 Å². The summed E-state index contributed by atoms with van der Waals surface area (Å²) in [6.07, 6.45) is 2.03. The van der Waals surface area contributed by atoms with Crippen molar-refractivity contribution in [1.29, 1.82) is 0 Å². The van der Waals surface area contributed by atoms with E-state index in [2.05, 4.69) is 24.3 Å². The van der Waals surface area contributed by atoms with Gasteiger partial charge in [-0.3, -0.25) is 9.69 Å². The molecule has 4 aromatic carbocycles. The fraction of sp³-hybridized carbons (Fsp3) is 0. The molecule has 31 heavy (non-hydrogen) atoms. The molecule has 148 valence electrons. The molecule has 0 atom stereocenters. The Kier molecular flexibility index (Phi) is 5.04. The second-order valence-corrected chi connectivity index (χ2v) is 7.39. The molecule has 0 fully saturated rings. The predicted molar refractivity (Wildman–Crippen MR) is 127 cm³/mol. The summed E-state index contributed by atoms with van der Waals surface area (Å²) in [7, 11) is 0. The third-order valence-electron chi connectivity index (χ3n) is 5.43. The number of carbonyl (C=O) groups is 1. The van der Waals surface area contributed by atoms with E-state index in [1.54, 1.807) is 0 Å². The molecule has 1 amide bonds. The Morgan fingerprint density at radius 3 is 1.52 bits per heavy atom. The lowest BCUT2D eigenvalue weighted by Crippen LogP contribution is -2.25. The van der Waals surface area contributed by atoms with Gasteiger partial charge in [0.2, 0.25) is 0 Å². The maximum absolute atomic E-state index is 13.9. The number of hydrogen-bond donors (Lipinski definition) is 0. The minimum atomic E-state index is -0.0206. The van der Waals surface area contributed by atoms with E-state index in [9.17, 15) is 4.79 Å². The number of para-hydroxylation sites is 1. The molecule has 5 rings (SSSR count). The minimum absolute atomic E-state index is 0.0206. The number of nitrogens with zero attached hydrogens (tertiary/aromatic N) is 1. The molecule has 0 bridgehead atoms. The van der Waals surface area contributed by atoms with Crippen LogP contribution in [0.2, 0.25) is 0 Å². The molecular weight excluding hydrogens is 378 g/mol. The molecule has 0 saturated carbocycles. The molecule has 0 saturated heterocycles. The summed E-state index contributed by atoms with van der Waals surface area (Å²) in [4.78, 5) is 15.7. The van der Waals surface area contributed by atoms with Crippen molar-refractivity contribution in [2.45, 2.75) is 0 Å². The zero-order chi connectivity index (χ0) is 21.0. The van der Waals surface area contributed by atoms with Crippen LogP contribution in [0, 0.1) is 0 Å². The lowest BCUT2D eigenvalue weighted by Gasteiger charge is -2.21. The van der Waals surface area contributed by atoms with Crippen LogP contribution >= 0.6 is 0 Å². The number of rotatable bonds is 4. The number of amides is 1. The number of benzene rings is 4. The average molecular weight is 399 g/mol. The first-order chi connectivity index (χ1) is 15.3. The maximum Gasteiger partial charge on any atom is 0.263 e. The van der Waals surface area contributed by atoms with Crippen molar-refractivity contribution in [3.63, 3.8) is 0 Å². The normalized spacial score (nSPS) is 13.3. The van der Waals surface area contributed by atoms with E-state index >= 15 is 0 Å². The van der Waals surface area contributed by atoms with E-state index in [1.807, 2.05) is 108 Å². The zero-order valence-electron chi connectivity index (χ0n) is 17.0. The van der Waals surface area contributed by atoms with Crippen molar-refractivity contribution in [3.05, 3.63) is 150 Å². The van der Waals surface area contributed by atoms with Crippen molar-refractivity contribution < 1.29 is 4.79 Å². The molecule has 1 heterocycles. The second-order valence-electron chi connectivity index (χ2n) is 7.39. The van der Waals surface area contributed by atoms with Gasteiger partial charge >= 0.3 is 0 Å². The molecule has 0 N–H and O–H groups in total. The summed E-state index contributed by atoms with van der Waals surface area (Å²) in [6, 6.07) is 40.2. The van der Waals surface area contributed by atoms with Gasteiger partial charge < -0.3 is 0 Å². The number of hydrogen-bond acceptors (Lipinski definition) is 1.